The summed E-state index contributed by atoms with van der Waals surface area (Å²) in [5.41, 5.74) is 5.29. The smallest absolute Gasteiger partial charge is 0.407 e. The average molecular weight is 461 g/mol. The van der Waals surface area contributed by atoms with E-state index in [1.165, 1.54) is 6.26 Å². The van der Waals surface area contributed by atoms with E-state index in [0.717, 1.165) is 27.9 Å². The number of nitrogens with one attached hydrogen (secondary N) is 1. The summed E-state index contributed by atoms with van der Waals surface area (Å²) in [4.78, 5) is 17.2. The first-order valence-electron chi connectivity index (χ1n) is 10.9. The first-order valence-corrected chi connectivity index (χ1v) is 12.9. The summed E-state index contributed by atoms with van der Waals surface area (Å²) in [5.74, 6) is 0.203. The van der Waals surface area contributed by atoms with Gasteiger partial charge < -0.3 is 10.1 Å². The number of ether oxygens (including phenoxy) is 1. The van der Waals surface area contributed by atoms with Gasteiger partial charge in [-0.1, -0.05) is 43.7 Å². The zero-order valence-electron chi connectivity index (χ0n) is 20.5. The van der Waals surface area contributed by atoms with Gasteiger partial charge in [-0.15, -0.1) is 0 Å². The van der Waals surface area contributed by atoms with E-state index in [2.05, 4.69) is 19.2 Å². The van der Waals surface area contributed by atoms with Crippen LogP contribution in [0.4, 0.5) is 4.79 Å². The molecule has 1 heterocycles. The lowest BCUT2D eigenvalue weighted by atomic mass is 9.90. The summed E-state index contributed by atoms with van der Waals surface area (Å²) in [6.45, 7) is 13.7. The number of nitrogens with zero attached hydrogens (tertiary/aromatic N) is 1. The van der Waals surface area contributed by atoms with Crippen molar-refractivity contribution in [3.63, 3.8) is 0 Å². The molecular formula is C25H36N2O4S. The molecule has 2 rings (SSSR count). The number of hydrogen-bond donors (Lipinski definition) is 1. The minimum atomic E-state index is -3.31. The Hall–Kier alpha value is -2.41. The monoisotopic (exact) mass is 460 g/mol. The van der Waals surface area contributed by atoms with Crippen LogP contribution in [-0.2, 0) is 33.4 Å². The topological polar surface area (TPSA) is 85.4 Å². The Morgan fingerprint density at radius 1 is 1.09 bits per heavy atom. The molecule has 1 aromatic heterocycles. The zero-order valence-corrected chi connectivity index (χ0v) is 21.3. The second-order valence-corrected chi connectivity index (χ2v) is 12.1. The van der Waals surface area contributed by atoms with E-state index in [1.807, 2.05) is 58.9 Å². The van der Waals surface area contributed by atoms with Crippen LogP contribution in [0, 0.1) is 19.8 Å². The maximum Gasteiger partial charge on any atom is 0.407 e. The van der Waals surface area contributed by atoms with Gasteiger partial charge in [-0.2, -0.15) is 0 Å². The molecule has 0 unspecified atom stereocenters. The molecule has 1 amide bonds. The van der Waals surface area contributed by atoms with Crippen LogP contribution in [0.3, 0.4) is 0 Å². The van der Waals surface area contributed by atoms with Gasteiger partial charge in [0.2, 0.25) is 0 Å². The number of sulfone groups is 1. The molecule has 0 bridgehead atoms. The van der Waals surface area contributed by atoms with Crippen molar-refractivity contribution in [3.05, 3.63) is 52.3 Å². The van der Waals surface area contributed by atoms with Crippen molar-refractivity contribution in [1.82, 2.24) is 10.3 Å². The Morgan fingerprint density at radius 3 is 2.19 bits per heavy atom. The number of amides is 1. The highest BCUT2D eigenvalue weighted by molar-refractivity contribution is 7.89. The van der Waals surface area contributed by atoms with Gasteiger partial charge in [-0.05, 0) is 63.6 Å². The van der Waals surface area contributed by atoms with Crippen molar-refractivity contribution in [1.29, 1.82) is 0 Å². The molecule has 32 heavy (non-hydrogen) atoms. The zero-order chi connectivity index (χ0) is 24.3. The number of hydrogen-bond acceptors (Lipinski definition) is 5. The molecule has 0 saturated heterocycles. The first kappa shape index (κ1) is 25.8. The van der Waals surface area contributed by atoms with E-state index in [-0.39, 0.29) is 12.4 Å². The molecule has 0 atom stereocenters. The maximum atomic E-state index is 12.4. The van der Waals surface area contributed by atoms with Crippen LogP contribution in [-0.4, -0.2) is 31.3 Å². The van der Waals surface area contributed by atoms with Crippen LogP contribution in [0.2, 0.25) is 0 Å². The van der Waals surface area contributed by atoms with Crippen LogP contribution in [0.15, 0.2) is 24.3 Å². The maximum absolute atomic E-state index is 12.4. The van der Waals surface area contributed by atoms with Crippen molar-refractivity contribution in [2.75, 3.05) is 6.26 Å². The molecule has 0 fully saturated rings. The van der Waals surface area contributed by atoms with Gasteiger partial charge in [-0.3, -0.25) is 4.98 Å². The van der Waals surface area contributed by atoms with Crippen LogP contribution in [0.25, 0.3) is 11.1 Å². The summed E-state index contributed by atoms with van der Waals surface area (Å²) in [5, 5.41) is 2.80. The van der Waals surface area contributed by atoms with Gasteiger partial charge in [0.1, 0.15) is 6.61 Å². The van der Waals surface area contributed by atoms with Crippen molar-refractivity contribution in [3.8, 4) is 11.1 Å². The molecular weight excluding hydrogens is 424 g/mol. The number of aromatic nitrogens is 1. The lowest BCUT2D eigenvalue weighted by Crippen LogP contribution is -2.40. The third-order valence-corrected chi connectivity index (χ3v) is 5.68. The van der Waals surface area contributed by atoms with Crippen molar-refractivity contribution in [2.45, 2.75) is 72.8 Å². The van der Waals surface area contributed by atoms with Crippen LogP contribution < -0.4 is 5.32 Å². The van der Waals surface area contributed by atoms with Crippen LogP contribution in [0.1, 0.15) is 62.7 Å². The van der Waals surface area contributed by atoms with Crippen LogP contribution >= 0.6 is 0 Å². The largest absolute Gasteiger partial charge is 0.445 e. The second kappa shape index (κ2) is 10.0. The van der Waals surface area contributed by atoms with Gasteiger partial charge >= 0.3 is 6.09 Å². The van der Waals surface area contributed by atoms with Crippen molar-refractivity contribution in [2.24, 2.45) is 5.92 Å². The minimum Gasteiger partial charge on any atom is -0.445 e. The Kier molecular flexibility index (Phi) is 8.10. The van der Waals surface area contributed by atoms with Gasteiger partial charge in [-0.25, -0.2) is 13.2 Å². The van der Waals surface area contributed by atoms with E-state index >= 15 is 0 Å². The molecule has 0 aliphatic carbocycles. The molecule has 0 spiro atoms. The first-order chi connectivity index (χ1) is 14.7. The molecule has 1 aromatic carbocycles. The SMILES string of the molecule is Cc1ccc(-c2c(CS(C)(=O)=O)c(C)nc(CC(C)C)c2COC(=O)NC(C)(C)C)cc1. The lowest BCUT2D eigenvalue weighted by Gasteiger charge is -2.23. The van der Waals surface area contributed by atoms with Crippen LogP contribution in [0.5, 0.6) is 0 Å². The number of carbonyl (C=O) groups is 1. The third kappa shape index (κ3) is 7.62. The molecule has 2 aromatic rings. The normalized spacial score (nSPS) is 12.2. The predicted octanol–water partition coefficient (Wildman–Crippen LogP) is 5.13. The summed E-state index contributed by atoms with van der Waals surface area (Å²) < 4.78 is 30.1. The van der Waals surface area contributed by atoms with E-state index < -0.39 is 21.5 Å². The molecule has 7 heteroatoms. The summed E-state index contributed by atoms with van der Waals surface area (Å²) in [6.07, 6.45) is 1.40. The van der Waals surface area contributed by atoms with Crippen molar-refractivity contribution >= 4 is 15.9 Å². The Morgan fingerprint density at radius 2 is 1.69 bits per heavy atom. The van der Waals surface area contributed by atoms with E-state index in [0.29, 0.717) is 23.6 Å². The fourth-order valence-corrected chi connectivity index (χ4v) is 4.42. The Balaban J connectivity index is 2.70. The highest BCUT2D eigenvalue weighted by atomic mass is 32.2. The molecule has 176 valence electrons. The molecule has 0 aliphatic heterocycles. The summed E-state index contributed by atoms with van der Waals surface area (Å²) in [6, 6.07) is 7.95. The fourth-order valence-electron chi connectivity index (χ4n) is 3.54. The summed E-state index contributed by atoms with van der Waals surface area (Å²) >= 11 is 0. The quantitative estimate of drug-likeness (QED) is 0.619. The second-order valence-electron chi connectivity index (χ2n) is 9.96. The van der Waals surface area contributed by atoms with Gasteiger partial charge in [0.05, 0.1) is 5.75 Å². The predicted molar refractivity (Wildman–Crippen MR) is 129 cm³/mol. The number of aryl methyl sites for hydroxylation is 2. The number of carbonyl (C=O) groups excluding carboxylic acids is 1. The lowest BCUT2D eigenvalue weighted by molar-refractivity contribution is 0.131. The number of alkyl carbamates (subject to hydrolysis) is 1. The van der Waals surface area contributed by atoms with Crippen molar-refractivity contribution < 1.29 is 17.9 Å². The van der Waals surface area contributed by atoms with Gasteiger partial charge in [0.25, 0.3) is 0 Å². The van der Waals surface area contributed by atoms with Gasteiger partial charge in [0.15, 0.2) is 9.84 Å². The standard InChI is InChI=1S/C25H36N2O4S/c1-16(2)13-22-20(14-31-24(28)27-25(5,6)7)23(19-11-9-17(3)10-12-19)21(18(4)26-22)15-32(8,29)30/h9-12,16H,13-15H2,1-8H3,(H,27,28). The minimum absolute atomic E-state index is 0.0111. The van der Waals surface area contributed by atoms with E-state index in [9.17, 15) is 13.2 Å². The number of benzene rings is 1. The fraction of sp³-hybridized carbons (Fsp3) is 0.520. The molecule has 0 saturated carbocycles. The Labute approximate surface area is 192 Å². The average Bonchev–Trinajstić information content (AvgIpc) is 2.60. The van der Waals surface area contributed by atoms with E-state index in [4.69, 9.17) is 9.72 Å². The molecule has 0 radical (unpaired) electrons. The molecule has 1 N–H and O–H groups in total. The Bertz CT molecular complexity index is 1070. The van der Waals surface area contributed by atoms with E-state index in [1.54, 1.807) is 0 Å². The highest BCUT2D eigenvalue weighted by Gasteiger charge is 2.24. The highest BCUT2D eigenvalue weighted by Crippen LogP contribution is 2.34. The molecule has 0 aliphatic rings. The third-order valence-electron chi connectivity index (χ3n) is 4.86. The van der Waals surface area contributed by atoms with Gasteiger partial charge in [0, 0.05) is 28.7 Å². The molecule has 6 nitrogen and oxygen atoms in total. The number of pyridine rings is 1. The summed E-state index contributed by atoms with van der Waals surface area (Å²) in [7, 11) is -3.31. The number of rotatable bonds is 7.